The van der Waals surface area contributed by atoms with Crippen LogP contribution in [0.25, 0.3) is 0 Å². The summed E-state index contributed by atoms with van der Waals surface area (Å²) in [6.07, 6.45) is 1.06. The first-order chi connectivity index (χ1) is 11.7. The van der Waals surface area contributed by atoms with Crippen LogP contribution in [-0.2, 0) is 9.47 Å². The van der Waals surface area contributed by atoms with E-state index in [0.29, 0.717) is 13.1 Å². The maximum absolute atomic E-state index is 12.1. The monoisotopic (exact) mass is 351 g/mol. The highest BCUT2D eigenvalue weighted by molar-refractivity contribution is 7.80. The van der Waals surface area contributed by atoms with Crippen LogP contribution in [0.15, 0.2) is 18.3 Å². The highest BCUT2D eigenvalue weighted by Gasteiger charge is 2.32. The number of hydrogen-bond donors (Lipinski definition) is 2. The van der Waals surface area contributed by atoms with Gasteiger partial charge in [-0.1, -0.05) is 0 Å². The van der Waals surface area contributed by atoms with E-state index in [0.717, 1.165) is 37.7 Å². The lowest BCUT2D eigenvalue weighted by molar-refractivity contribution is 0.142. The number of pyridine rings is 1. The van der Waals surface area contributed by atoms with Gasteiger partial charge in [-0.05, 0) is 24.4 Å². The predicted molar refractivity (Wildman–Crippen MR) is 94.5 cm³/mol. The lowest BCUT2D eigenvalue weighted by atomic mass is 10.3. The number of methoxy groups -OCH3 is 1. The third-order valence-electron chi connectivity index (χ3n) is 4.02. The van der Waals surface area contributed by atoms with Gasteiger partial charge in [-0.25, -0.2) is 9.78 Å². The Hall–Kier alpha value is -2.13. The molecular weight excluding hydrogens is 330 g/mol. The lowest BCUT2D eigenvalue weighted by Gasteiger charge is -2.28. The van der Waals surface area contributed by atoms with E-state index in [1.165, 1.54) is 7.11 Å². The molecule has 9 heteroatoms. The van der Waals surface area contributed by atoms with Crippen molar-refractivity contribution in [1.82, 2.24) is 15.6 Å². The van der Waals surface area contributed by atoms with Crippen LogP contribution in [0, 0.1) is 0 Å². The molecule has 0 bridgehead atoms. The molecule has 2 aliphatic rings. The molecule has 3 heterocycles. The topological polar surface area (TPSA) is 79.0 Å². The molecule has 2 N–H and O–H groups in total. The molecule has 0 spiro atoms. The number of ether oxygens (including phenoxy) is 2. The van der Waals surface area contributed by atoms with Gasteiger partial charge in [0.1, 0.15) is 11.9 Å². The van der Waals surface area contributed by atoms with Crippen LogP contribution >= 0.6 is 12.2 Å². The van der Waals surface area contributed by atoms with Crippen LogP contribution in [0.1, 0.15) is 0 Å². The van der Waals surface area contributed by atoms with Crippen molar-refractivity contribution in [2.45, 2.75) is 6.10 Å². The SMILES string of the molecule is COC(=S)NCC1CN(c2ccc(N3CCNCC3)nc2)C(=O)O1. The maximum Gasteiger partial charge on any atom is 0.414 e. The van der Waals surface area contributed by atoms with E-state index in [2.05, 4.69) is 20.5 Å². The fourth-order valence-corrected chi connectivity index (χ4v) is 2.81. The number of anilines is 2. The Morgan fingerprint density at radius 1 is 1.50 bits per heavy atom. The molecule has 2 saturated heterocycles. The molecule has 24 heavy (non-hydrogen) atoms. The average Bonchev–Trinajstić information content (AvgIpc) is 3.01. The molecule has 1 aromatic heterocycles. The number of thiocarbonyl (C=S) groups is 1. The largest absolute Gasteiger partial charge is 0.474 e. The smallest absolute Gasteiger partial charge is 0.414 e. The summed E-state index contributed by atoms with van der Waals surface area (Å²) in [5, 5.41) is 6.49. The highest BCUT2D eigenvalue weighted by atomic mass is 32.1. The zero-order valence-electron chi connectivity index (χ0n) is 13.5. The van der Waals surface area contributed by atoms with Gasteiger partial charge in [0.25, 0.3) is 5.17 Å². The number of carbonyl (C=O) groups excluding carboxylic acids is 1. The molecule has 0 aromatic carbocycles. The van der Waals surface area contributed by atoms with E-state index in [9.17, 15) is 4.79 Å². The first-order valence-electron chi connectivity index (χ1n) is 7.89. The van der Waals surface area contributed by atoms with Gasteiger partial charge < -0.3 is 25.0 Å². The van der Waals surface area contributed by atoms with Gasteiger partial charge in [0.05, 0.1) is 32.1 Å². The van der Waals surface area contributed by atoms with E-state index in [1.807, 2.05) is 12.1 Å². The first kappa shape index (κ1) is 16.7. The van der Waals surface area contributed by atoms with Gasteiger partial charge in [0, 0.05) is 26.2 Å². The average molecular weight is 351 g/mol. The maximum atomic E-state index is 12.1. The zero-order chi connectivity index (χ0) is 16.9. The quantitative estimate of drug-likeness (QED) is 0.752. The lowest BCUT2D eigenvalue weighted by Crippen LogP contribution is -2.43. The third-order valence-corrected chi connectivity index (χ3v) is 4.33. The Morgan fingerprint density at radius 2 is 2.29 bits per heavy atom. The normalized spacial score (nSPS) is 20.7. The number of hydrogen-bond acceptors (Lipinski definition) is 7. The molecule has 8 nitrogen and oxygen atoms in total. The van der Waals surface area contributed by atoms with Gasteiger partial charge in [-0.2, -0.15) is 0 Å². The van der Waals surface area contributed by atoms with Crippen LogP contribution in [-0.4, -0.2) is 68.7 Å². The summed E-state index contributed by atoms with van der Waals surface area (Å²) in [7, 11) is 1.49. The van der Waals surface area contributed by atoms with Gasteiger partial charge in [0.15, 0.2) is 0 Å². The van der Waals surface area contributed by atoms with Crippen LogP contribution < -0.4 is 20.4 Å². The molecule has 0 radical (unpaired) electrons. The van der Waals surface area contributed by atoms with E-state index in [-0.39, 0.29) is 17.4 Å². The molecule has 2 aliphatic heterocycles. The summed E-state index contributed by atoms with van der Waals surface area (Å²) < 4.78 is 10.2. The van der Waals surface area contributed by atoms with Crippen molar-refractivity contribution in [2.75, 3.05) is 56.2 Å². The zero-order valence-corrected chi connectivity index (χ0v) is 14.3. The fourth-order valence-electron chi connectivity index (χ4n) is 2.73. The van der Waals surface area contributed by atoms with Gasteiger partial charge in [0.2, 0.25) is 0 Å². The minimum Gasteiger partial charge on any atom is -0.474 e. The Bertz CT molecular complexity index is 591. The highest BCUT2D eigenvalue weighted by Crippen LogP contribution is 2.23. The van der Waals surface area contributed by atoms with Crippen molar-refractivity contribution in [3.05, 3.63) is 18.3 Å². The Labute approximate surface area is 146 Å². The van der Waals surface area contributed by atoms with Crippen molar-refractivity contribution in [1.29, 1.82) is 0 Å². The van der Waals surface area contributed by atoms with Gasteiger partial charge in [-0.3, -0.25) is 4.90 Å². The number of nitrogens with one attached hydrogen (secondary N) is 2. The number of amides is 1. The van der Waals surface area contributed by atoms with E-state index >= 15 is 0 Å². The molecular formula is C15H21N5O3S. The Morgan fingerprint density at radius 3 is 2.96 bits per heavy atom. The summed E-state index contributed by atoms with van der Waals surface area (Å²) in [4.78, 5) is 20.3. The second kappa shape index (κ2) is 7.63. The van der Waals surface area contributed by atoms with Crippen molar-refractivity contribution in [3.63, 3.8) is 0 Å². The molecule has 3 rings (SSSR count). The molecule has 130 valence electrons. The summed E-state index contributed by atoms with van der Waals surface area (Å²) >= 11 is 4.91. The summed E-state index contributed by atoms with van der Waals surface area (Å²) in [5.74, 6) is 0.927. The predicted octanol–water partition coefficient (Wildman–Crippen LogP) is 0.337. The van der Waals surface area contributed by atoms with Gasteiger partial charge in [-0.15, -0.1) is 0 Å². The number of nitrogens with zero attached hydrogens (tertiary/aromatic N) is 3. The minimum atomic E-state index is -0.373. The summed E-state index contributed by atoms with van der Waals surface area (Å²) in [5.41, 5.74) is 0.732. The number of rotatable bonds is 4. The third kappa shape index (κ3) is 3.85. The second-order valence-electron chi connectivity index (χ2n) is 5.60. The fraction of sp³-hybridized carbons (Fsp3) is 0.533. The minimum absolute atomic E-state index is 0.279. The molecule has 2 fully saturated rings. The van der Waals surface area contributed by atoms with Crippen molar-refractivity contribution < 1.29 is 14.3 Å². The van der Waals surface area contributed by atoms with E-state index in [4.69, 9.17) is 21.7 Å². The first-order valence-corrected chi connectivity index (χ1v) is 8.30. The van der Waals surface area contributed by atoms with Crippen LogP contribution in [0.2, 0.25) is 0 Å². The molecule has 1 amide bonds. The number of carbonyl (C=O) groups is 1. The standard InChI is InChI=1S/C15H21N5O3S/c1-22-14(24)18-9-12-10-20(15(21)23-12)11-2-3-13(17-8-11)19-6-4-16-5-7-19/h2-3,8,12,16H,4-7,9-10H2,1H3,(H,18,24). The molecule has 1 aromatic rings. The van der Waals surface area contributed by atoms with Crippen molar-refractivity contribution in [2.24, 2.45) is 0 Å². The van der Waals surface area contributed by atoms with E-state index in [1.54, 1.807) is 11.1 Å². The molecule has 1 unspecified atom stereocenters. The van der Waals surface area contributed by atoms with Crippen molar-refractivity contribution in [3.8, 4) is 0 Å². The van der Waals surface area contributed by atoms with Crippen LogP contribution in [0.4, 0.5) is 16.3 Å². The van der Waals surface area contributed by atoms with Crippen molar-refractivity contribution >= 4 is 35.0 Å². The second-order valence-corrected chi connectivity index (χ2v) is 5.97. The molecule has 0 saturated carbocycles. The molecule has 0 aliphatic carbocycles. The summed E-state index contributed by atoms with van der Waals surface area (Å²) in [6, 6.07) is 3.85. The number of aromatic nitrogens is 1. The van der Waals surface area contributed by atoms with Crippen LogP contribution in [0.3, 0.4) is 0 Å². The Balaban J connectivity index is 1.59. The molecule has 1 atom stereocenters. The Kier molecular flexibility index (Phi) is 5.31. The number of cyclic esters (lactones) is 1. The van der Waals surface area contributed by atoms with Gasteiger partial charge >= 0.3 is 6.09 Å². The summed E-state index contributed by atoms with van der Waals surface area (Å²) in [6.45, 7) is 4.66. The number of piperazine rings is 1. The van der Waals surface area contributed by atoms with Crippen LogP contribution in [0.5, 0.6) is 0 Å². The van der Waals surface area contributed by atoms with E-state index < -0.39 is 0 Å².